The number of ether oxygens (including phenoxy) is 2. The summed E-state index contributed by atoms with van der Waals surface area (Å²) < 4.78 is 10.5. The van der Waals surface area contributed by atoms with Crippen molar-refractivity contribution in [3.63, 3.8) is 0 Å². The third-order valence-corrected chi connectivity index (χ3v) is 4.92. The Labute approximate surface area is 158 Å². The van der Waals surface area contributed by atoms with E-state index in [9.17, 15) is 14.4 Å². The van der Waals surface area contributed by atoms with E-state index in [1.807, 2.05) is 36.4 Å². The SMILES string of the molecule is CCOC(=O)C1(C(=O)OCC)Cc2cccc3cccc(c23)CN1C(C)=O. The molecule has 0 saturated carbocycles. The Kier molecular flexibility index (Phi) is 5.17. The van der Waals surface area contributed by atoms with Crippen molar-refractivity contribution in [1.82, 2.24) is 4.90 Å². The zero-order valence-corrected chi connectivity index (χ0v) is 15.8. The van der Waals surface area contributed by atoms with Gasteiger partial charge in [0, 0.05) is 19.9 Å². The van der Waals surface area contributed by atoms with Gasteiger partial charge in [-0.25, -0.2) is 9.59 Å². The minimum atomic E-state index is -1.84. The van der Waals surface area contributed by atoms with Crippen molar-refractivity contribution in [2.45, 2.75) is 39.3 Å². The third-order valence-electron chi connectivity index (χ3n) is 4.92. The van der Waals surface area contributed by atoms with Crippen molar-refractivity contribution < 1.29 is 23.9 Å². The third kappa shape index (κ3) is 3.05. The summed E-state index contributed by atoms with van der Waals surface area (Å²) >= 11 is 0. The average Bonchev–Trinajstić information content (AvgIpc) is 2.79. The van der Waals surface area contributed by atoms with Crippen LogP contribution >= 0.6 is 0 Å². The highest BCUT2D eigenvalue weighted by Gasteiger charge is 2.56. The summed E-state index contributed by atoms with van der Waals surface area (Å²) in [5.74, 6) is -1.91. The lowest BCUT2D eigenvalue weighted by Gasteiger charge is -2.38. The van der Waals surface area contributed by atoms with E-state index in [0.29, 0.717) is 0 Å². The fourth-order valence-corrected chi connectivity index (χ4v) is 3.79. The summed E-state index contributed by atoms with van der Waals surface area (Å²) in [5.41, 5.74) is -0.146. The Morgan fingerprint density at radius 2 is 1.52 bits per heavy atom. The molecular weight excluding hydrogens is 346 g/mol. The smallest absolute Gasteiger partial charge is 0.344 e. The molecule has 3 rings (SSSR count). The van der Waals surface area contributed by atoms with Crippen LogP contribution in [0.15, 0.2) is 36.4 Å². The Balaban J connectivity index is 2.28. The van der Waals surface area contributed by atoms with Gasteiger partial charge in [-0.3, -0.25) is 4.79 Å². The van der Waals surface area contributed by atoms with Gasteiger partial charge >= 0.3 is 11.9 Å². The lowest BCUT2D eigenvalue weighted by atomic mass is 9.88. The number of amides is 1. The molecule has 1 heterocycles. The summed E-state index contributed by atoms with van der Waals surface area (Å²) in [5, 5.41) is 1.96. The Morgan fingerprint density at radius 1 is 0.963 bits per heavy atom. The summed E-state index contributed by atoms with van der Waals surface area (Å²) in [4.78, 5) is 40.0. The molecule has 1 aliphatic rings. The maximum atomic E-state index is 13.1. The molecule has 0 atom stereocenters. The van der Waals surface area contributed by atoms with Crippen molar-refractivity contribution in [2.75, 3.05) is 13.2 Å². The number of carbonyl (C=O) groups excluding carboxylic acids is 3. The van der Waals surface area contributed by atoms with Crippen LogP contribution in [0.5, 0.6) is 0 Å². The second-order valence-corrected chi connectivity index (χ2v) is 6.52. The van der Waals surface area contributed by atoms with Gasteiger partial charge in [0.15, 0.2) is 0 Å². The quantitative estimate of drug-likeness (QED) is 0.612. The van der Waals surface area contributed by atoms with Crippen LogP contribution in [0.2, 0.25) is 0 Å². The van der Waals surface area contributed by atoms with Gasteiger partial charge in [-0.15, -0.1) is 0 Å². The number of carbonyl (C=O) groups is 3. The van der Waals surface area contributed by atoms with Gasteiger partial charge in [0.2, 0.25) is 11.4 Å². The number of hydrogen-bond acceptors (Lipinski definition) is 5. The van der Waals surface area contributed by atoms with Gasteiger partial charge in [-0.2, -0.15) is 0 Å². The lowest BCUT2D eigenvalue weighted by Crippen LogP contribution is -2.63. The molecule has 0 radical (unpaired) electrons. The number of hydrogen-bond donors (Lipinski definition) is 0. The average molecular weight is 369 g/mol. The zero-order chi connectivity index (χ0) is 19.6. The van der Waals surface area contributed by atoms with Crippen LogP contribution in [-0.2, 0) is 36.8 Å². The van der Waals surface area contributed by atoms with Crippen molar-refractivity contribution in [1.29, 1.82) is 0 Å². The molecule has 27 heavy (non-hydrogen) atoms. The molecule has 0 fully saturated rings. The Morgan fingerprint density at radius 3 is 2.04 bits per heavy atom. The molecule has 1 amide bonds. The van der Waals surface area contributed by atoms with Gasteiger partial charge in [0.1, 0.15) is 0 Å². The highest BCUT2D eigenvalue weighted by molar-refractivity contribution is 6.09. The van der Waals surface area contributed by atoms with Crippen LogP contribution in [0.4, 0.5) is 0 Å². The maximum Gasteiger partial charge on any atom is 0.344 e. The van der Waals surface area contributed by atoms with Crippen molar-refractivity contribution in [3.05, 3.63) is 47.5 Å². The molecule has 142 valence electrons. The fraction of sp³-hybridized carbons (Fsp3) is 0.381. The number of benzene rings is 2. The summed E-state index contributed by atoms with van der Waals surface area (Å²) in [7, 11) is 0. The molecule has 1 aliphatic heterocycles. The zero-order valence-electron chi connectivity index (χ0n) is 15.8. The summed E-state index contributed by atoms with van der Waals surface area (Å²) in [6, 6.07) is 11.5. The monoisotopic (exact) mass is 369 g/mol. The van der Waals surface area contributed by atoms with Gasteiger partial charge in [-0.1, -0.05) is 36.4 Å². The van der Waals surface area contributed by atoms with Crippen molar-refractivity contribution in [3.8, 4) is 0 Å². The minimum absolute atomic E-state index is 0.0125. The van der Waals surface area contributed by atoms with Gasteiger partial charge in [0.25, 0.3) is 0 Å². The van der Waals surface area contributed by atoms with Gasteiger partial charge < -0.3 is 14.4 Å². The van der Waals surface area contributed by atoms with Crippen LogP contribution in [0.25, 0.3) is 10.8 Å². The first-order valence-electron chi connectivity index (χ1n) is 9.07. The standard InChI is InChI=1S/C21H23NO5/c1-4-26-19(24)21(20(25)27-5-2)12-16-10-6-8-15-9-7-11-17(18(15)16)13-22(21)14(3)23/h6-11H,4-5,12-13H2,1-3H3. The van der Waals surface area contributed by atoms with E-state index in [0.717, 1.165) is 21.9 Å². The molecule has 0 unspecified atom stereocenters. The van der Waals surface area contributed by atoms with Gasteiger partial charge in [0.05, 0.1) is 13.2 Å². The molecule has 2 aromatic rings. The predicted octanol–water partition coefficient (Wildman–Crippen LogP) is 2.61. The summed E-state index contributed by atoms with van der Waals surface area (Å²) in [6.07, 6.45) is 0.0125. The molecule has 6 heteroatoms. The van der Waals surface area contributed by atoms with Gasteiger partial charge in [-0.05, 0) is 35.7 Å². The van der Waals surface area contributed by atoms with Crippen LogP contribution in [-0.4, -0.2) is 41.5 Å². The van der Waals surface area contributed by atoms with Crippen LogP contribution in [0.1, 0.15) is 31.9 Å². The first kappa shape index (κ1) is 18.9. The molecule has 0 saturated heterocycles. The Hall–Kier alpha value is -2.89. The molecule has 0 N–H and O–H groups in total. The second-order valence-electron chi connectivity index (χ2n) is 6.52. The van der Waals surface area contributed by atoms with E-state index >= 15 is 0 Å². The van der Waals surface area contributed by atoms with Crippen LogP contribution < -0.4 is 0 Å². The molecule has 0 aliphatic carbocycles. The van der Waals surface area contributed by atoms with Crippen molar-refractivity contribution in [2.24, 2.45) is 0 Å². The topological polar surface area (TPSA) is 72.9 Å². The number of rotatable bonds is 4. The first-order valence-corrected chi connectivity index (χ1v) is 9.07. The van der Waals surface area contributed by atoms with E-state index in [1.54, 1.807) is 13.8 Å². The van der Waals surface area contributed by atoms with Crippen LogP contribution in [0, 0.1) is 0 Å². The molecule has 0 bridgehead atoms. The van der Waals surface area contributed by atoms with E-state index in [4.69, 9.17) is 9.47 Å². The minimum Gasteiger partial charge on any atom is -0.464 e. The number of esters is 2. The molecule has 2 aromatic carbocycles. The normalized spacial score (nSPS) is 15.1. The van der Waals surface area contributed by atoms with E-state index < -0.39 is 17.5 Å². The second kappa shape index (κ2) is 7.39. The first-order chi connectivity index (χ1) is 13.0. The number of nitrogens with zero attached hydrogens (tertiary/aromatic N) is 1. The van der Waals surface area contributed by atoms with Crippen molar-refractivity contribution >= 4 is 28.6 Å². The van der Waals surface area contributed by atoms with E-state index in [1.165, 1.54) is 11.8 Å². The highest BCUT2D eigenvalue weighted by atomic mass is 16.6. The van der Waals surface area contributed by atoms with E-state index in [-0.39, 0.29) is 32.1 Å². The molecule has 0 aromatic heterocycles. The fourth-order valence-electron chi connectivity index (χ4n) is 3.79. The summed E-state index contributed by atoms with van der Waals surface area (Å²) in [6.45, 7) is 5.01. The molecule has 0 spiro atoms. The maximum absolute atomic E-state index is 13.1. The van der Waals surface area contributed by atoms with E-state index in [2.05, 4.69) is 0 Å². The predicted molar refractivity (Wildman–Crippen MR) is 99.9 cm³/mol. The molecular formula is C21H23NO5. The Bertz CT molecular complexity index is 881. The largest absolute Gasteiger partial charge is 0.464 e. The highest BCUT2D eigenvalue weighted by Crippen LogP contribution is 2.36. The molecule has 6 nitrogen and oxygen atoms in total. The van der Waals surface area contributed by atoms with Crippen LogP contribution in [0.3, 0.4) is 0 Å². The lowest BCUT2D eigenvalue weighted by molar-refractivity contribution is -0.179.